The third-order valence-electron chi connectivity index (χ3n) is 4.26. The Morgan fingerprint density at radius 1 is 1.26 bits per heavy atom. The highest BCUT2D eigenvalue weighted by Gasteiger charge is 2.36. The lowest BCUT2D eigenvalue weighted by Gasteiger charge is -2.20. The van der Waals surface area contributed by atoms with Crippen LogP contribution in [0.25, 0.3) is 0 Å². The maximum atomic E-state index is 12.4. The molecule has 3 atom stereocenters. The number of hydrogen-bond acceptors (Lipinski definition) is 3. The fourth-order valence-corrected chi connectivity index (χ4v) is 3.18. The summed E-state index contributed by atoms with van der Waals surface area (Å²) in [6, 6.07) is 10.3. The first-order valence-electron chi connectivity index (χ1n) is 7.08. The Labute approximate surface area is 114 Å². The minimum Gasteiger partial charge on any atom is -0.339 e. The first kappa shape index (κ1) is 12.6. The molecule has 1 amide bonds. The summed E-state index contributed by atoms with van der Waals surface area (Å²) in [4.78, 5) is 14.3. The molecule has 0 aromatic heterocycles. The fraction of sp³-hybridized carbons (Fsp3) is 0.533. The summed E-state index contributed by atoms with van der Waals surface area (Å²) in [6.07, 6.45) is 2.05. The molecule has 3 N–H and O–H groups in total. The minimum atomic E-state index is 0.0155. The highest BCUT2D eigenvalue weighted by Crippen LogP contribution is 2.27. The Balaban J connectivity index is 1.69. The van der Waals surface area contributed by atoms with Crippen molar-refractivity contribution in [3.8, 4) is 0 Å². The van der Waals surface area contributed by atoms with Gasteiger partial charge in [0.15, 0.2) is 0 Å². The molecule has 0 spiro atoms. The summed E-state index contributed by atoms with van der Waals surface area (Å²) in [5.41, 5.74) is 7.46. The number of carbonyl (C=O) groups is 1. The van der Waals surface area contributed by atoms with Crippen LogP contribution in [-0.4, -0.2) is 42.5 Å². The maximum absolute atomic E-state index is 12.4. The van der Waals surface area contributed by atoms with Crippen LogP contribution in [0.2, 0.25) is 0 Å². The van der Waals surface area contributed by atoms with Gasteiger partial charge in [0.1, 0.15) is 0 Å². The first-order chi connectivity index (χ1) is 9.25. The van der Waals surface area contributed by atoms with Gasteiger partial charge in [-0.2, -0.15) is 0 Å². The third-order valence-corrected chi connectivity index (χ3v) is 4.26. The van der Waals surface area contributed by atoms with E-state index < -0.39 is 0 Å². The SMILES string of the molecule is N[C@@H]1CN(C(=O)C2CCCN2)C[C@H]1c1ccccc1. The smallest absolute Gasteiger partial charge is 0.239 e. The molecular weight excluding hydrogens is 238 g/mol. The molecule has 0 aliphatic carbocycles. The van der Waals surface area contributed by atoms with Crippen molar-refractivity contribution in [2.24, 2.45) is 5.73 Å². The molecule has 102 valence electrons. The normalized spacial score (nSPS) is 30.8. The molecule has 1 aromatic rings. The standard InChI is InChI=1S/C15H21N3O/c16-13-10-18(15(19)14-7-4-8-17-14)9-12(13)11-5-2-1-3-6-11/h1-3,5-6,12-14,17H,4,7-10,16H2/t12-,13+,14?/m0/s1. The molecule has 2 aliphatic heterocycles. The molecular formula is C15H21N3O. The van der Waals surface area contributed by atoms with Gasteiger partial charge in [0.05, 0.1) is 6.04 Å². The zero-order valence-electron chi connectivity index (χ0n) is 11.1. The summed E-state index contributed by atoms with van der Waals surface area (Å²) in [6.45, 7) is 2.39. The van der Waals surface area contributed by atoms with Gasteiger partial charge in [-0.15, -0.1) is 0 Å². The van der Waals surface area contributed by atoms with Crippen molar-refractivity contribution >= 4 is 5.91 Å². The second kappa shape index (κ2) is 5.31. The summed E-state index contributed by atoms with van der Waals surface area (Å²) in [5.74, 6) is 0.498. The van der Waals surface area contributed by atoms with Crippen LogP contribution in [0.1, 0.15) is 24.3 Å². The van der Waals surface area contributed by atoms with Crippen LogP contribution in [0.15, 0.2) is 30.3 Å². The molecule has 4 heteroatoms. The van der Waals surface area contributed by atoms with Gasteiger partial charge in [0, 0.05) is 25.0 Å². The lowest BCUT2D eigenvalue weighted by atomic mass is 9.95. The zero-order chi connectivity index (χ0) is 13.2. The zero-order valence-corrected chi connectivity index (χ0v) is 11.1. The highest BCUT2D eigenvalue weighted by atomic mass is 16.2. The lowest BCUT2D eigenvalue weighted by Crippen LogP contribution is -2.43. The Morgan fingerprint density at radius 3 is 2.74 bits per heavy atom. The number of rotatable bonds is 2. The average molecular weight is 259 g/mol. The molecule has 0 radical (unpaired) electrons. The summed E-state index contributed by atoms with van der Waals surface area (Å²) in [7, 11) is 0. The van der Waals surface area contributed by atoms with E-state index in [1.807, 2.05) is 23.1 Å². The van der Waals surface area contributed by atoms with Crippen molar-refractivity contribution in [2.45, 2.75) is 30.8 Å². The van der Waals surface area contributed by atoms with Crippen molar-refractivity contribution < 1.29 is 4.79 Å². The molecule has 2 heterocycles. The van der Waals surface area contributed by atoms with Crippen LogP contribution in [-0.2, 0) is 4.79 Å². The van der Waals surface area contributed by atoms with Gasteiger partial charge in [0.25, 0.3) is 0 Å². The monoisotopic (exact) mass is 259 g/mol. The number of benzene rings is 1. The van der Waals surface area contributed by atoms with Crippen LogP contribution in [0.3, 0.4) is 0 Å². The van der Waals surface area contributed by atoms with Crippen LogP contribution in [0, 0.1) is 0 Å². The van der Waals surface area contributed by atoms with E-state index in [2.05, 4.69) is 17.4 Å². The Bertz CT molecular complexity index is 442. The van der Waals surface area contributed by atoms with E-state index in [1.165, 1.54) is 5.56 Å². The second-order valence-corrected chi connectivity index (χ2v) is 5.57. The molecule has 19 heavy (non-hydrogen) atoms. The van der Waals surface area contributed by atoms with Crippen LogP contribution in [0.5, 0.6) is 0 Å². The molecule has 2 saturated heterocycles. The molecule has 1 aromatic carbocycles. The number of carbonyl (C=O) groups excluding carboxylic acids is 1. The number of amides is 1. The first-order valence-corrected chi connectivity index (χ1v) is 7.08. The molecule has 1 unspecified atom stereocenters. The summed E-state index contributed by atoms with van der Waals surface area (Å²) in [5, 5.41) is 3.27. The quantitative estimate of drug-likeness (QED) is 0.821. The lowest BCUT2D eigenvalue weighted by molar-refractivity contribution is -0.132. The van der Waals surface area contributed by atoms with Gasteiger partial charge in [0.2, 0.25) is 5.91 Å². The minimum absolute atomic E-state index is 0.0155. The fourth-order valence-electron chi connectivity index (χ4n) is 3.18. The van der Waals surface area contributed by atoms with Crippen LogP contribution < -0.4 is 11.1 Å². The van der Waals surface area contributed by atoms with Crippen molar-refractivity contribution in [1.82, 2.24) is 10.2 Å². The van der Waals surface area contributed by atoms with Crippen molar-refractivity contribution in [2.75, 3.05) is 19.6 Å². The number of likely N-dealkylation sites (tertiary alicyclic amines) is 1. The van der Waals surface area contributed by atoms with E-state index in [-0.39, 0.29) is 23.9 Å². The van der Waals surface area contributed by atoms with Gasteiger partial charge in [-0.05, 0) is 24.9 Å². The number of nitrogens with two attached hydrogens (primary N) is 1. The van der Waals surface area contributed by atoms with Crippen molar-refractivity contribution in [3.05, 3.63) is 35.9 Å². The molecule has 0 bridgehead atoms. The van der Waals surface area contributed by atoms with E-state index in [4.69, 9.17) is 5.73 Å². The Kier molecular flexibility index (Phi) is 3.53. The summed E-state index contributed by atoms with van der Waals surface area (Å²) >= 11 is 0. The van der Waals surface area contributed by atoms with E-state index in [9.17, 15) is 4.79 Å². The predicted octanol–water partition coefficient (Wildman–Crippen LogP) is 0.692. The van der Waals surface area contributed by atoms with Crippen molar-refractivity contribution in [3.63, 3.8) is 0 Å². The predicted molar refractivity (Wildman–Crippen MR) is 74.8 cm³/mol. The number of hydrogen-bond donors (Lipinski definition) is 2. The van der Waals surface area contributed by atoms with Gasteiger partial charge in [-0.3, -0.25) is 4.79 Å². The van der Waals surface area contributed by atoms with Crippen molar-refractivity contribution in [1.29, 1.82) is 0 Å². The van der Waals surface area contributed by atoms with Gasteiger partial charge >= 0.3 is 0 Å². The molecule has 0 saturated carbocycles. The average Bonchev–Trinajstić information content (AvgIpc) is 3.08. The molecule has 4 nitrogen and oxygen atoms in total. The molecule has 2 fully saturated rings. The number of nitrogens with zero attached hydrogens (tertiary/aromatic N) is 1. The number of nitrogens with one attached hydrogen (secondary N) is 1. The third kappa shape index (κ3) is 2.51. The van der Waals surface area contributed by atoms with E-state index in [1.54, 1.807) is 0 Å². The molecule has 3 rings (SSSR count). The largest absolute Gasteiger partial charge is 0.339 e. The maximum Gasteiger partial charge on any atom is 0.239 e. The van der Waals surface area contributed by atoms with E-state index in [0.717, 1.165) is 25.9 Å². The van der Waals surface area contributed by atoms with E-state index >= 15 is 0 Å². The Hall–Kier alpha value is -1.39. The molecule has 2 aliphatic rings. The second-order valence-electron chi connectivity index (χ2n) is 5.57. The highest BCUT2D eigenvalue weighted by molar-refractivity contribution is 5.82. The van der Waals surface area contributed by atoms with Crippen LogP contribution >= 0.6 is 0 Å². The van der Waals surface area contributed by atoms with E-state index in [0.29, 0.717) is 6.54 Å². The Morgan fingerprint density at radius 2 is 2.05 bits per heavy atom. The topological polar surface area (TPSA) is 58.4 Å². The summed E-state index contributed by atoms with van der Waals surface area (Å²) < 4.78 is 0. The van der Waals surface area contributed by atoms with Crippen LogP contribution in [0.4, 0.5) is 0 Å². The van der Waals surface area contributed by atoms with Gasteiger partial charge in [-0.1, -0.05) is 30.3 Å². The van der Waals surface area contributed by atoms with Gasteiger partial charge < -0.3 is 16.0 Å². The van der Waals surface area contributed by atoms with Gasteiger partial charge in [-0.25, -0.2) is 0 Å².